The highest BCUT2D eigenvalue weighted by Crippen LogP contribution is 2.11. The molecule has 0 atom stereocenters. The Morgan fingerprint density at radius 1 is 1.40 bits per heavy atom. The number of hydrogen-bond acceptors (Lipinski definition) is 5. The number of carbonyl (C=O) groups is 1. The fourth-order valence-electron chi connectivity index (χ4n) is 1.68. The molecule has 2 N–H and O–H groups in total. The summed E-state index contributed by atoms with van der Waals surface area (Å²) in [6.07, 6.45) is 0.560. The zero-order valence-corrected chi connectivity index (χ0v) is 7.65. The summed E-state index contributed by atoms with van der Waals surface area (Å²) in [6.45, 7) is 1.28. The number of fused-ring (bicyclic) bond motifs is 2. The molecular weight excluding hydrogens is 198 g/mol. The summed E-state index contributed by atoms with van der Waals surface area (Å²) in [5, 5.41) is 2.97. The molecule has 76 valence electrons. The molecule has 0 saturated heterocycles. The van der Waals surface area contributed by atoms with Gasteiger partial charge < -0.3 is 10.3 Å². The van der Waals surface area contributed by atoms with E-state index in [1.54, 1.807) is 0 Å². The Kier molecular flexibility index (Phi) is 1.44. The number of H-pyrrole nitrogens is 1. The Balaban J connectivity index is 2.43. The third-order valence-corrected chi connectivity index (χ3v) is 2.36. The highest BCUT2D eigenvalue weighted by atomic mass is 16.1. The molecule has 2 aromatic rings. The fourth-order valence-corrected chi connectivity index (χ4v) is 1.68. The lowest BCUT2D eigenvalue weighted by Gasteiger charge is -1.98. The molecule has 7 nitrogen and oxygen atoms in total. The number of carbonyl (C=O) groups excluding carboxylic acids is 1. The van der Waals surface area contributed by atoms with Crippen molar-refractivity contribution in [1.29, 1.82) is 0 Å². The summed E-state index contributed by atoms with van der Waals surface area (Å²) in [4.78, 5) is 33.0. The van der Waals surface area contributed by atoms with Gasteiger partial charge in [-0.05, 0) is 0 Å². The average molecular weight is 205 g/mol. The number of aromatic nitrogens is 4. The maximum atomic E-state index is 11.8. The van der Waals surface area contributed by atoms with Gasteiger partial charge in [-0.2, -0.15) is 4.98 Å². The van der Waals surface area contributed by atoms with Crippen LogP contribution in [0.2, 0.25) is 0 Å². The molecule has 7 heteroatoms. The second kappa shape index (κ2) is 2.66. The van der Waals surface area contributed by atoms with Crippen LogP contribution in [0.4, 0.5) is 5.95 Å². The second-order valence-corrected chi connectivity index (χ2v) is 3.26. The molecule has 0 radical (unpaired) electrons. The van der Waals surface area contributed by atoms with Gasteiger partial charge in [0.2, 0.25) is 5.95 Å². The molecule has 2 aromatic heterocycles. The van der Waals surface area contributed by atoms with Gasteiger partial charge in [-0.15, -0.1) is 0 Å². The molecule has 15 heavy (non-hydrogen) atoms. The quantitative estimate of drug-likeness (QED) is 0.604. The summed E-state index contributed by atoms with van der Waals surface area (Å²) in [5.41, 5.74) is 0.368. The van der Waals surface area contributed by atoms with Crippen LogP contribution in [0.5, 0.6) is 0 Å². The Hall–Kier alpha value is -2.18. The zero-order valence-electron chi connectivity index (χ0n) is 7.65. The maximum Gasteiger partial charge on any atom is 0.281 e. The molecule has 0 saturated carbocycles. The van der Waals surface area contributed by atoms with Crippen LogP contribution in [0, 0.1) is 0 Å². The van der Waals surface area contributed by atoms with Crippen molar-refractivity contribution < 1.29 is 4.79 Å². The maximum absolute atomic E-state index is 11.8. The highest BCUT2D eigenvalue weighted by molar-refractivity contribution is 5.79. The van der Waals surface area contributed by atoms with E-state index in [9.17, 15) is 9.59 Å². The summed E-state index contributed by atoms with van der Waals surface area (Å²) >= 11 is 0. The number of nitrogens with zero attached hydrogens (tertiary/aromatic N) is 3. The number of anilines is 1. The van der Waals surface area contributed by atoms with Crippen LogP contribution in [-0.2, 0) is 6.54 Å². The Labute approximate surface area is 83.2 Å². The third kappa shape index (κ3) is 0.997. The van der Waals surface area contributed by atoms with Gasteiger partial charge in [-0.25, -0.2) is 4.98 Å². The first-order valence-corrected chi connectivity index (χ1v) is 4.49. The lowest BCUT2D eigenvalue weighted by atomic mass is 10.5. The van der Waals surface area contributed by atoms with Crippen LogP contribution in [0.15, 0.2) is 4.79 Å². The molecule has 0 aromatic carbocycles. The lowest BCUT2D eigenvalue weighted by Crippen LogP contribution is -2.19. The van der Waals surface area contributed by atoms with E-state index in [4.69, 9.17) is 0 Å². The van der Waals surface area contributed by atoms with E-state index in [-0.39, 0.29) is 22.5 Å². The van der Waals surface area contributed by atoms with Gasteiger partial charge in [-0.3, -0.25) is 14.2 Å². The Morgan fingerprint density at radius 2 is 2.27 bits per heavy atom. The first-order valence-electron chi connectivity index (χ1n) is 4.49. The van der Waals surface area contributed by atoms with E-state index < -0.39 is 0 Å². The molecule has 0 amide bonds. The molecule has 1 aliphatic rings. The zero-order chi connectivity index (χ0) is 10.4. The van der Waals surface area contributed by atoms with E-state index in [0.717, 1.165) is 0 Å². The SMILES string of the molecule is O=Cc1nc2nc3n(c(=O)c2[nH]1)CCN3. The summed E-state index contributed by atoms with van der Waals surface area (Å²) in [6, 6.07) is 0. The van der Waals surface area contributed by atoms with E-state index in [2.05, 4.69) is 20.3 Å². The Morgan fingerprint density at radius 3 is 3.07 bits per heavy atom. The van der Waals surface area contributed by atoms with Gasteiger partial charge >= 0.3 is 0 Å². The molecular formula is C8H7N5O2. The number of hydrogen-bond donors (Lipinski definition) is 2. The molecule has 0 bridgehead atoms. The topological polar surface area (TPSA) is 92.7 Å². The van der Waals surface area contributed by atoms with Crippen molar-refractivity contribution in [2.24, 2.45) is 0 Å². The first kappa shape index (κ1) is 8.16. The average Bonchev–Trinajstić information content (AvgIpc) is 2.83. The molecule has 3 heterocycles. The van der Waals surface area contributed by atoms with Crippen molar-refractivity contribution >= 4 is 23.4 Å². The molecule has 0 aliphatic carbocycles. The molecule has 0 spiro atoms. The number of nitrogens with one attached hydrogen (secondary N) is 2. The lowest BCUT2D eigenvalue weighted by molar-refractivity contribution is 0.111. The Bertz CT molecular complexity index is 611. The predicted molar refractivity (Wildman–Crippen MR) is 52.0 cm³/mol. The van der Waals surface area contributed by atoms with Gasteiger partial charge in [-0.1, -0.05) is 0 Å². The van der Waals surface area contributed by atoms with Crippen LogP contribution in [-0.4, -0.2) is 32.3 Å². The summed E-state index contributed by atoms with van der Waals surface area (Å²) in [7, 11) is 0. The van der Waals surface area contributed by atoms with Gasteiger partial charge in [0.25, 0.3) is 5.56 Å². The minimum absolute atomic E-state index is 0.124. The second-order valence-electron chi connectivity index (χ2n) is 3.26. The fraction of sp³-hybridized carbons (Fsp3) is 0.250. The standard InChI is InChI=1S/C8H7N5O2/c14-3-4-10-5-6(11-4)12-8-9-1-2-13(8)7(5)15/h3H,1-2H2,(H,9,12)(H,10,11). The van der Waals surface area contributed by atoms with Gasteiger partial charge in [0.1, 0.15) is 0 Å². The van der Waals surface area contributed by atoms with E-state index in [1.165, 1.54) is 4.57 Å². The monoisotopic (exact) mass is 205 g/mol. The van der Waals surface area contributed by atoms with Crippen molar-refractivity contribution in [2.75, 3.05) is 11.9 Å². The highest BCUT2D eigenvalue weighted by Gasteiger charge is 2.17. The van der Waals surface area contributed by atoms with E-state index in [0.29, 0.717) is 25.3 Å². The van der Waals surface area contributed by atoms with Crippen LogP contribution in [0.3, 0.4) is 0 Å². The smallest absolute Gasteiger partial charge is 0.281 e. The van der Waals surface area contributed by atoms with E-state index in [1.807, 2.05) is 0 Å². The van der Waals surface area contributed by atoms with Crippen molar-refractivity contribution in [3.63, 3.8) is 0 Å². The minimum atomic E-state index is -0.194. The first-order chi connectivity index (χ1) is 7.29. The van der Waals surface area contributed by atoms with E-state index >= 15 is 0 Å². The molecule has 0 unspecified atom stereocenters. The summed E-state index contributed by atoms with van der Waals surface area (Å²) < 4.78 is 1.52. The van der Waals surface area contributed by atoms with Gasteiger partial charge in [0.15, 0.2) is 23.3 Å². The molecule has 1 aliphatic heterocycles. The number of aromatic amines is 1. The normalized spacial score (nSPS) is 13.9. The van der Waals surface area contributed by atoms with Crippen molar-refractivity contribution in [2.45, 2.75) is 6.54 Å². The molecule has 0 fully saturated rings. The van der Waals surface area contributed by atoms with Crippen LogP contribution >= 0.6 is 0 Å². The molecule has 3 rings (SSSR count). The number of imidazole rings is 1. The predicted octanol–water partition coefficient (Wildman–Crippen LogP) is -0.642. The van der Waals surface area contributed by atoms with Gasteiger partial charge in [0.05, 0.1) is 0 Å². The van der Waals surface area contributed by atoms with Crippen LogP contribution in [0.1, 0.15) is 10.6 Å². The van der Waals surface area contributed by atoms with Crippen molar-refractivity contribution in [3.05, 3.63) is 16.2 Å². The summed E-state index contributed by atoms with van der Waals surface area (Å²) in [5.74, 6) is 0.635. The number of rotatable bonds is 1. The van der Waals surface area contributed by atoms with Gasteiger partial charge in [0, 0.05) is 13.1 Å². The van der Waals surface area contributed by atoms with Crippen LogP contribution < -0.4 is 10.9 Å². The third-order valence-electron chi connectivity index (χ3n) is 2.36. The van der Waals surface area contributed by atoms with Crippen molar-refractivity contribution in [3.8, 4) is 0 Å². The van der Waals surface area contributed by atoms with Crippen LogP contribution in [0.25, 0.3) is 11.2 Å². The largest absolute Gasteiger partial charge is 0.354 e. The minimum Gasteiger partial charge on any atom is -0.354 e. The van der Waals surface area contributed by atoms with Crippen molar-refractivity contribution in [1.82, 2.24) is 19.5 Å². The number of aldehydes is 1.